The molecule has 2 atom stereocenters. The Morgan fingerprint density at radius 1 is 1.45 bits per heavy atom. The molecule has 2 rings (SSSR count). The molecule has 0 amide bonds. The Labute approximate surface area is 139 Å². The molecule has 1 aliphatic rings. The van der Waals surface area contributed by atoms with Gasteiger partial charge < -0.3 is 10.6 Å². The van der Waals surface area contributed by atoms with E-state index < -0.39 is 0 Å². The van der Waals surface area contributed by atoms with Crippen LogP contribution in [0.3, 0.4) is 0 Å². The summed E-state index contributed by atoms with van der Waals surface area (Å²) in [7, 11) is 4.10. The maximum absolute atomic E-state index is 4.33. The zero-order valence-electron chi connectivity index (χ0n) is 14.3. The van der Waals surface area contributed by atoms with E-state index in [0.717, 1.165) is 19.0 Å². The molecule has 22 heavy (non-hydrogen) atoms. The fraction of sp³-hybridized carbons (Fsp3) is 0.706. The van der Waals surface area contributed by atoms with E-state index >= 15 is 0 Å². The SMILES string of the molecule is CN=C(NCC(C)C)NCC1CCCN(C)C1c1cccs1. The minimum absolute atomic E-state index is 0.532. The van der Waals surface area contributed by atoms with Crippen LogP contribution >= 0.6 is 11.3 Å². The van der Waals surface area contributed by atoms with E-state index in [1.54, 1.807) is 0 Å². The van der Waals surface area contributed by atoms with Gasteiger partial charge in [0.15, 0.2) is 5.96 Å². The van der Waals surface area contributed by atoms with Crippen molar-refractivity contribution in [2.45, 2.75) is 32.7 Å². The Bertz CT molecular complexity index is 455. The van der Waals surface area contributed by atoms with E-state index in [1.807, 2.05) is 18.4 Å². The first-order chi connectivity index (χ1) is 10.6. The van der Waals surface area contributed by atoms with E-state index in [4.69, 9.17) is 0 Å². The van der Waals surface area contributed by atoms with Gasteiger partial charge >= 0.3 is 0 Å². The first-order valence-corrected chi connectivity index (χ1v) is 9.18. The van der Waals surface area contributed by atoms with Crippen LogP contribution in [-0.2, 0) is 0 Å². The Morgan fingerprint density at radius 3 is 2.91 bits per heavy atom. The van der Waals surface area contributed by atoms with Crippen LogP contribution in [0.1, 0.15) is 37.6 Å². The number of nitrogens with zero attached hydrogens (tertiary/aromatic N) is 2. The summed E-state index contributed by atoms with van der Waals surface area (Å²) >= 11 is 1.88. The molecule has 0 aliphatic carbocycles. The number of guanidine groups is 1. The topological polar surface area (TPSA) is 39.7 Å². The smallest absolute Gasteiger partial charge is 0.190 e. The van der Waals surface area contributed by atoms with Crippen LogP contribution in [0.5, 0.6) is 0 Å². The Morgan fingerprint density at radius 2 is 2.27 bits per heavy atom. The quantitative estimate of drug-likeness (QED) is 0.647. The second-order valence-corrected chi connectivity index (χ2v) is 7.55. The van der Waals surface area contributed by atoms with Gasteiger partial charge in [-0.2, -0.15) is 0 Å². The molecule has 0 aromatic carbocycles. The van der Waals surface area contributed by atoms with Gasteiger partial charge in [-0.1, -0.05) is 19.9 Å². The summed E-state index contributed by atoms with van der Waals surface area (Å²) in [6.07, 6.45) is 2.56. The van der Waals surface area contributed by atoms with Crippen molar-refractivity contribution in [3.8, 4) is 0 Å². The molecule has 124 valence electrons. The molecule has 2 heterocycles. The van der Waals surface area contributed by atoms with Gasteiger partial charge in [0, 0.05) is 31.1 Å². The highest BCUT2D eigenvalue weighted by Gasteiger charge is 2.31. The van der Waals surface area contributed by atoms with Crippen LogP contribution in [-0.4, -0.2) is 44.6 Å². The summed E-state index contributed by atoms with van der Waals surface area (Å²) < 4.78 is 0. The average molecular weight is 323 g/mol. The summed E-state index contributed by atoms with van der Waals surface area (Å²) in [5.74, 6) is 2.18. The zero-order valence-corrected chi connectivity index (χ0v) is 15.1. The summed E-state index contributed by atoms with van der Waals surface area (Å²) in [4.78, 5) is 8.33. The minimum atomic E-state index is 0.532. The largest absolute Gasteiger partial charge is 0.356 e. The first-order valence-electron chi connectivity index (χ1n) is 8.30. The monoisotopic (exact) mass is 322 g/mol. The third-order valence-corrected chi connectivity index (χ3v) is 5.22. The van der Waals surface area contributed by atoms with Crippen molar-refractivity contribution in [3.63, 3.8) is 0 Å². The maximum atomic E-state index is 4.33. The molecular formula is C17H30N4S. The van der Waals surface area contributed by atoms with Crippen molar-refractivity contribution in [1.82, 2.24) is 15.5 Å². The van der Waals surface area contributed by atoms with E-state index in [-0.39, 0.29) is 0 Å². The normalized spacial score (nSPS) is 23.8. The molecule has 0 saturated carbocycles. The first kappa shape index (κ1) is 17.3. The maximum Gasteiger partial charge on any atom is 0.190 e. The molecule has 1 aromatic rings. The second-order valence-electron chi connectivity index (χ2n) is 6.57. The fourth-order valence-corrected chi connectivity index (χ4v) is 4.11. The molecule has 0 radical (unpaired) electrons. The Hall–Kier alpha value is -1.07. The molecule has 2 N–H and O–H groups in total. The average Bonchev–Trinajstić information content (AvgIpc) is 3.01. The van der Waals surface area contributed by atoms with Crippen molar-refractivity contribution >= 4 is 17.3 Å². The lowest BCUT2D eigenvalue weighted by atomic mass is 9.88. The Kier molecular flexibility index (Phi) is 6.70. The molecule has 4 nitrogen and oxygen atoms in total. The van der Waals surface area contributed by atoms with Gasteiger partial charge in [0.25, 0.3) is 0 Å². The molecule has 1 aliphatic heterocycles. The van der Waals surface area contributed by atoms with Crippen LogP contribution < -0.4 is 10.6 Å². The summed E-state index contributed by atoms with van der Waals surface area (Å²) in [5.41, 5.74) is 0. The molecule has 0 spiro atoms. The molecular weight excluding hydrogens is 292 g/mol. The fourth-order valence-electron chi connectivity index (χ4n) is 3.13. The van der Waals surface area contributed by atoms with Gasteiger partial charge in [0.1, 0.15) is 0 Å². The molecule has 1 fully saturated rings. The van der Waals surface area contributed by atoms with Crippen LogP contribution in [0.4, 0.5) is 0 Å². The number of aliphatic imine (C=N–C) groups is 1. The van der Waals surface area contributed by atoms with E-state index in [1.165, 1.54) is 24.3 Å². The van der Waals surface area contributed by atoms with Crippen molar-refractivity contribution in [1.29, 1.82) is 0 Å². The number of likely N-dealkylation sites (tertiary alicyclic amines) is 1. The standard InChI is InChI=1S/C17H30N4S/c1-13(2)11-19-17(18-3)20-12-14-7-5-9-21(4)16(14)15-8-6-10-22-15/h6,8,10,13-14,16H,5,7,9,11-12H2,1-4H3,(H2,18,19,20). The van der Waals surface area contributed by atoms with Gasteiger partial charge in [-0.25, -0.2) is 0 Å². The highest BCUT2D eigenvalue weighted by Crippen LogP contribution is 2.36. The lowest BCUT2D eigenvalue weighted by Gasteiger charge is -2.39. The summed E-state index contributed by atoms with van der Waals surface area (Å²) in [6, 6.07) is 4.97. The van der Waals surface area contributed by atoms with Crippen molar-refractivity contribution in [2.75, 3.05) is 33.7 Å². The van der Waals surface area contributed by atoms with Gasteiger partial charge in [-0.05, 0) is 49.7 Å². The van der Waals surface area contributed by atoms with E-state index in [2.05, 4.69) is 58.9 Å². The Balaban J connectivity index is 1.94. The molecule has 5 heteroatoms. The van der Waals surface area contributed by atoms with Gasteiger partial charge in [-0.3, -0.25) is 9.89 Å². The number of rotatable bonds is 5. The minimum Gasteiger partial charge on any atom is -0.356 e. The molecule has 0 bridgehead atoms. The molecule has 1 aromatic heterocycles. The third-order valence-electron chi connectivity index (χ3n) is 4.27. The highest BCUT2D eigenvalue weighted by atomic mass is 32.1. The second kappa shape index (κ2) is 8.53. The predicted octanol–water partition coefficient (Wildman–Crippen LogP) is 2.95. The number of nitrogens with one attached hydrogen (secondary N) is 2. The number of thiophene rings is 1. The van der Waals surface area contributed by atoms with Crippen LogP contribution in [0.2, 0.25) is 0 Å². The third kappa shape index (κ3) is 4.71. The van der Waals surface area contributed by atoms with Gasteiger partial charge in [-0.15, -0.1) is 11.3 Å². The lowest BCUT2D eigenvalue weighted by Crippen LogP contribution is -2.45. The zero-order chi connectivity index (χ0) is 15.9. The summed E-state index contributed by atoms with van der Waals surface area (Å²) in [6.45, 7) is 7.55. The van der Waals surface area contributed by atoms with Crippen LogP contribution in [0.25, 0.3) is 0 Å². The number of piperidine rings is 1. The highest BCUT2D eigenvalue weighted by molar-refractivity contribution is 7.10. The van der Waals surface area contributed by atoms with Crippen LogP contribution in [0, 0.1) is 11.8 Å². The van der Waals surface area contributed by atoms with Crippen molar-refractivity contribution in [3.05, 3.63) is 22.4 Å². The lowest BCUT2D eigenvalue weighted by molar-refractivity contribution is 0.125. The molecule has 1 saturated heterocycles. The predicted molar refractivity (Wildman–Crippen MR) is 96.6 cm³/mol. The number of hydrogen-bond acceptors (Lipinski definition) is 3. The summed E-state index contributed by atoms with van der Waals surface area (Å²) in [5, 5.41) is 9.11. The van der Waals surface area contributed by atoms with Crippen LogP contribution in [0.15, 0.2) is 22.5 Å². The number of hydrogen-bond donors (Lipinski definition) is 2. The van der Waals surface area contributed by atoms with Gasteiger partial charge in [0.05, 0.1) is 0 Å². The van der Waals surface area contributed by atoms with Crippen molar-refractivity contribution in [2.24, 2.45) is 16.8 Å². The molecule has 2 unspecified atom stereocenters. The van der Waals surface area contributed by atoms with E-state index in [0.29, 0.717) is 17.9 Å². The van der Waals surface area contributed by atoms with Crippen molar-refractivity contribution < 1.29 is 0 Å². The van der Waals surface area contributed by atoms with Gasteiger partial charge in [0.2, 0.25) is 0 Å². The van der Waals surface area contributed by atoms with E-state index in [9.17, 15) is 0 Å².